The number of nitrogens with one attached hydrogen (secondary N) is 2. The van der Waals surface area contributed by atoms with Crippen molar-refractivity contribution in [2.45, 2.75) is 13.5 Å². The lowest BCUT2D eigenvalue weighted by Gasteiger charge is -2.04. The summed E-state index contributed by atoms with van der Waals surface area (Å²) in [5.41, 5.74) is 0. The van der Waals surface area contributed by atoms with Crippen LogP contribution < -0.4 is 10.6 Å². The van der Waals surface area contributed by atoms with Gasteiger partial charge in [0.1, 0.15) is 11.6 Å². The molecule has 2 aromatic heterocycles. The highest BCUT2D eigenvalue weighted by Crippen LogP contribution is 2.08. The lowest BCUT2D eigenvalue weighted by Crippen LogP contribution is -2.04. The highest BCUT2D eigenvalue weighted by molar-refractivity contribution is 5.39. The van der Waals surface area contributed by atoms with Gasteiger partial charge in [-0.3, -0.25) is 0 Å². The van der Waals surface area contributed by atoms with Crippen LogP contribution in [0.4, 0.5) is 11.8 Å². The maximum atomic E-state index is 5.33. The average molecular weight is 219 g/mol. The van der Waals surface area contributed by atoms with Crippen molar-refractivity contribution in [2.24, 2.45) is 0 Å². The van der Waals surface area contributed by atoms with Gasteiger partial charge in [0.2, 0.25) is 11.8 Å². The molecule has 0 radical (unpaired) electrons. The first-order valence-electron chi connectivity index (χ1n) is 4.94. The van der Waals surface area contributed by atoms with Crippen molar-refractivity contribution in [3.8, 4) is 0 Å². The zero-order valence-electron chi connectivity index (χ0n) is 9.19. The summed E-state index contributed by atoms with van der Waals surface area (Å²) in [6.07, 6.45) is 3.37. The normalized spacial score (nSPS) is 10.1. The molecular formula is C10H13N5O. The Bertz CT molecular complexity index is 468. The van der Waals surface area contributed by atoms with Crippen molar-refractivity contribution in [1.82, 2.24) is 15.0 Å². The Kier molecular flexibility index (Phi) is 3.00. The van der Waals surface area contributed by atoms with E-state index in [9.17, 15) is 0 Å². The van der Waals surface area contributed by atoms with Gasteiger partial charge in [0.25, 0.3) is 0 Å². The molecular weight excluding hydrogens is 206 g/mol. The smallest absolute Gasteiger partial charge is 0.224 e. The van der Waals surface area contributed by atoms with Crippen molar-refractivity contribution in [3.05, 3.63) is 30.1 Å². The van der Waals surface area contributed by atoms with E-state index in [-0.39, 0.29) is 0 Å². The predicted molar refractivity (Wildman–Crippen MR) is 60.1 cm³/mol. The molecule has 0 saturated heterocycles. The molecule has 0 fully saturated rings. The third-order valence-corrected chi connectivity index (χ3v) is 1.97. The summed E-state index contributed by atoms with van der Waals surface area (Å²) in [7, 11) is 1.77. The lowest BCUT2D eigenvalue weighted by molar-refractivity contribution is 0.479. The fraction of sp³-hybridized carbons (Fsp3) is 0.300. The Morgan fingerprint density at radius 2 is 2.25 bits per heavy atom. The van der Waals surface area contributed by atoms with E-state index in [1.54, 1.807) is 25.5 Å². The average Bonchev–Trinajstić information content (AvgIpc) is 2.73. The number of hydrogen-bond acceptors (Lipinski definition) is 6. The van der Waals surface area contributed by atoms with Crippen LogP contribution in [0, 0.1) is 6.92 Å². The van der Waals surface area contributed by atoms with Gasteiger partial charge in [0.15, 0.2) is 0 Å². The molecule has 0 atom stereocenters. The first kappa shape index (κ1) is 10.4. The third kappa shape index (κ3) is 2.47. The molecule has 0 aliphatic carbocycles. The van der Waals surface area contributed by atoms with Crippen molar-refractivity contribution in [1.29, 1.82) is 0 Å². The monoisotopic (exact) mass is 219 g/mol. The topological polar surface area (TPSA) is 75.9 Å². The van der Waals surface area contributed by atoms with Crippen LogP contribution in [0.1, 0.15) is 11.7 Å². The summed E-state index contributed by atoms with van der Waals surface area (Å²) in [4.78, 5) is 12.3. The van der Waals surface area contributed by atoms with E-state index >= 15 is 0 Å². The summed E-state index contributed by atoms with van der Waals surface area (Å²) in [5, 5.41) is 5.97. The largest absolute Gasteiger partial charge is 0.444 e. The van der Waals surface area contributed by atoms with E-state index in [0.29, 0.717) is 18.4 Å². The van der Waals surface area contributed by atoms with Crippen molar-refractivity contribution < 1.29 is 4.42 Å². The van der Waals surface area contributed by atoms with Crippen LogP contribution in [0.15, 0.2) is 22.9 Å². The quantitative estimate of drug-likeness (QED) is 0.810. The van der Waals surface area contributed by atoms with Crippen molar-refractivity contribution in [2.75, 3.05) is 17.7 Å². The number of rotatable bonds is 4. The minimum absolute atomic E-state index is 0.508. The summed E-state index contributed by atoms with van der Waals surface area (Å²) in [6.45, 7) is 2.37. The van der Waals surface area contributed by atoms with Gasteiger partial charge in [-0.25, -0.2) is 9.97 Å². The van der Waals surface area contributed by atoms with Crippen molar-refractivity contribution >= 4 is 11.8 Å². The summed E-state index contributed by atoms with van der Waals surface area (Å²) >= 11 is 0. The van der Waals surface area contributed by atoms with E-state index in [0.717, 1.165) is 11.6 Å². The molecule has 0 spiro atoms. The minimum Gasteiger partial charge on any atom is -0.444 e. The van der Waals surface area contributed by atoms with Gasteiger partial charge in [-0.05, 0) is 13.0 Å². The molecule has 0 aromatic carbocycles. The van der Waals surface area contributed by atoms with Crippen LogP contribution in [0.2, 0.25) is 0 Å². The molecule has 0 amide bonds. The van der Waals surface area contributed by atoms with E-state index in [1.807, 2.05) is 6.92 Å². The first-order valence-corrected chi connectivity index (χ1v) is 4.94. The molecule has 2 aromatic rings. The fourth-order valence-corrected chi connectivity index (χ4v) is 1.23. The van der Waals surface area contributed by atoms with Gasteiger partial charge in [-0.1, -0.05) is 0 Å². The van der Waals surface area contributed by atoms with Gasteiger partial charge >= 0.3 is 0 Å². The van der Waals surface area contributed by atoms with Gasteiger partial charge in [0, 0.05) is 13.2 Å². The van der Waals surface area contributed by atoms with Crippen molar-refractivity contribution in [3.63, 3.8) is 0 Å². The van der Waals surface area contributed by atoms with Crippen LogP contribution in [0.25, 0.3) is 0 Å². The Balaban J connectivity index is 1.99. The van der Waals surface area contributed by atoms with E-state index in [4.69, 9.17) is 4.42 Å². The van der Waals surface area contributed by atoms with Crippen LogP contribution in [-0.4, -0.2) is 22.0 Å². The Labute approximate surface area is 93.1 Å². The molecule has 2 rings (SSSR count). The van der Waals surface area contributed by atoms with E-state index < -0.39 is 0 Å². The minimum atomic E-state index is 0.508. The summed E-state index contributed by atoms with van der Waals surface area (Å²) in [6, 6.07) is 1.79. The van der Waals surface area contributed by atoms with Gasteiger partial charge in [0.05, 0.1) is 12.7 Å². The maximum Gasteiger partial charge on any atom is 0.224 e. The summed E-state index contributed by atoms with van der Waals surface area (Å²) < 4.78 is 5.33. The third-order valence-electron chi connectivity index (χ3n) is 1.97. The van der Waals surface area contributed by atoms with E-state index in [2.05, 4.69) is 25.6 Å². The first-order chi connectivity index (χ1) is 7.78. The second kappa shape index (κ2) is 4.61. The molecule has 6 nitrogen and oxygen atoms in total. The van der Waals surface area contributed by atoms with Crippen LogP contribution >= 0.6 is 0 Å². The van der Waals surface area contributed by atoms with Crippen LogP contribution in [0.3, 0.4) is 0 Å². The second-order valence-electron chi connectivity index (χ2n) is 3.23. The number of nitrogens with zero attached hydrogens (tertiary/aromatic N) is 3. The number of aryl methyl sites for hydroxylation is 1. The molecule has 2 heterocycles. The number of oxazole rings is 1. The van der Waals surface area contributed by atoms with Gasteiger partial charge < -0.3 is 15.1 Å². The predicted octanol–water partition coefficient (Wildman–Crippen LogP) is 1.43. The Morgan fingerprint density at radius 1 is 1.38 bits per heavy atom. The van der Waals surface area contributed by atoms with E-state index in [1.165, 1.54) is 0 Å². The fourth-order valence-electron chi connectivity index (χ4n) is 1.23. The second-order valence-corrected chi connectivity index (χ2v) is 3.23. The molecule has 0 bridgehead atoms. The zero-order valence-corrected chi connectivity index (χ0v) is 9.19. The molecule has 0 saturated carbocycles. The van der Waals surface area contributed by atoms with Gasteiger partial charge in [-0.15, -0.1) is 0 Å². The molecule has 0 aliphatic rings. The standard InChI is InChI=1S/C10H13N5O/c1-7-5-14-9(16-7)6-13-8-3-4-12-10(11-2)15-8/h3-5H,6H2,1-2H3,(H2,11,12,13,15). The maximum absolute atomic E-state index is 5.33. The SMILES string of the molecule is CNc1nccc(NCc2ncc(C)o2)n1. The highest BCUT2D eigenvalue weighted by atomic mass is 16.4. The lowest BCUT2D eigenvalue weighted by atomic mass is 10.5. The molecule has 2 N–H and O–H groups in total. The highest BCUT2D eigenvalue weighted by Gasteiger charge is 2.01. The molecule has 0 unspecified atom stereocenters. The zero-order chi connectivity index (χ0) is 11.4. The Hall–Kier alpha value is -2.11. The molecule has 0 aliphatic heterocycles. The Morgan fingerprint density at radius 3 is 2.94 bits per heavy atom. The number of hydrogen-bond donors (Lipinski definition) is 2. The van der Waals surface area contributed by atoms with Crippen LogP contribution in [-0.2, 0) is 6.54 Å². The molecule has 84 valence electrons. The van der Waals surface area contributed by atoms with Crippen LogP contribution in [0.5, 0.6) is 0 Å². The number of aromatic nitrogens is 3. The molecule has 16 heavy (non-hydrogen) atoms. The number of anilines is 2. The van der Waals surface area contributed by atoms with Gasteiger partial charge in [-0.2, -0.15) is 4.98 Å². The summed E-state index contributed by atoms with van der Waals surface area (Å²) in [5.74, 6) is 2.75. The molecule has 6 heteroatoms.